The van der Waals surface area contributed by atoms with E-state index in [2.05, 4.69) is 4.98 Å². The molecule has 0 saturated heterocycles. The summed E-state index contributed by atoms with van der Waals surface area (Å²) < 4.78 is 27.2. The van der Waals surface area contributed by atoms with E-state index in [-0.39, 0.29) is 16.6 Å². The first kappa shape index (κ1) is 15.4. The van der Waals surface area contributed by atoms with Crippen molar-refractivity contribution in [1.82, 2.24) is 9.88 Å². The van der Waals surface area contributed by atoms with Gasteiger partial charge in [-0.15, -0.1) is 0 Å². The van der Waals surface area contributed by atoms with Crippen molar-refractivity contribution < 1.29 is 13.6 Å². The lowest BCUT2D eigenvalue weighted by Gasteiger charge is -2.25. The Morgan fingerprint density at radius 3 is 2.67 bits per heavy atom. The lowest BCUT2D eigenvalue weighted by molar-refractivity contribution is 0.0737. The monoisotopic (exact) mass is 310 g/mol. The van der Waals surface area contributed by atoms with Gasteiger partial charge in [0.15, 0.2) is 0 Å². The van der Waals surface area contributed by atoms with Gasteiger partial charge < -0.3 is 4.90 Å². The summed E-state index contributed by atoms with van der Waals surface area (Å²) in [6.45, 7) is 1.78. The summed E-state index contributed by atoms with van der Waals surface area (Å²) in [7, 11) is 1.52. The molecular formula is C15H13ClF2N2O. The van der Waals surface area contributed by atoms with E-state index < -0.39 is 17.5 Å². The molecule has 0 aliphatic heterocycles. The second-order valence-electron chi connectivity index (χ2n) is 4.62. The molecule has 1 aromatic heterocycles. The number of hydrogen-bond donors (Lipinski definition) is 0. The van der Waals surface area contributed by atoms with E-state index in [0.717, 1.165) is 17.7 Å². The maximum Gasteiger partial charge on any atom is 0.257 e. The molecule has 1 heterocycles. The van der Waals surface area contributed by atoms with Crippen LogP contribution in [0, 0.1) is 11.6 Å². The van der Waals surface area contributed by atoms with Gasteiger partial charge in [0.05, 0.1) is 16.6 Å². The second-order valence-corrected chi connectivity index (χ2v) is 5.03. The van der Waals surface area contributed by atoms with Crippen molar-refractivity contribution in [3.8, 4) is 0 Å². The summed E-state index contributed by atoms with van der Waals surface area (Å²) in [5, 5.41) is -0.355. The first-order chi connectivity index (χ1) is 9.91. The molecule has 21 heavy (non-hydrogen) atoms. The normalized spacial score (nSPS) is 12.0. The largest absolute Gasteiger partial charge is 0.335 e. The summed E-state index contributed by atoms with van der Waals surface area (Å²) in [5.41, 5.74) is 0.443. The van der Waals surface area contributed by atoms with Gasteiger partial charge in [-0.3, -0.25) is 9.78 Å². The molecule has 110 valence electrons. The van der Waals surface area contributed by atoms with Gasteiger partial charge in [0.2, 0.25) is 0 Å². The number of aromatic nitrogens is 1. The average molecular weight is 311 g/mol. The Balaban J connectivity index is 2.30. The lowest BCUT2D eigenvalue weighted by atomic mass is 10.1. The van der Waals surface area contributed by atoms with Crippen LogP contribution in [0.2, 0.25) is 5.02 Å². The molecule has 6 heteroatoms. The Bertz CT molecular complexity index is 664. The molecule has 0 fully saturated rings. The van der Waals surface area contributed by atoms with Gasteiger partial charge in [-0.05, 0) is 30.7 Å². The Hall–Kier alpha value is -2.01. The molecule has 1 aromatic carbocycles. The number of rotatable bonds is 3. The van der Waals surface area contributed by atoms with Crippen LogP contribution < -0.4 is 0 Å². The SMILES string of the molecule is C[C@H](c1cccnc1)N(C)C(=O)c1cc(F)c(Cl)cc1F. The molecule has 3 nitrogen and oxygen atoms in total. The highest BCUT2D eigenvalue weighted by Gasteiger charge is 2.23. The molecule has 0 saturated carbocycles. The van der Waals surface area contributed by atoms with E-state index in [1.165, 1.54) is 11.9 Å². The maximum atomic E-state index is 13.8. The fourth-order valence-electron chi connectivity index (χ4n) is 1.90. The van der Waals surface area contributed by atoms with Crippen LogP contribution in [0.25, 0.3) is 0 Å². The number of halogens is 3. The number of nitrogens with zero attached hydrogens (tertiary/aromatic N) is 2. The Morgan fingerprint density at radius 1 is 1.33 bits per heavy atom. The summed E-state index contributed by atoms with van der Waals surface area (Å²) in [6.07, 6.45) is 3.24. The number of carbonyl (C=O) groups is 1. The van der Waals surface area contributed by atoms with Gasteiger partial charge in [-0.25, -0.2) is 8.78 Å². The predicted molar refractivity (Wildman–Crippen MR) is 76.1 cm³/mol. The predicted octanol–water partition coefficient (Wildman–Crippen LogP) is 3.85. The zero-order valence-corrected chi connectivity index (χ0v) is 12.2. The van der Waals surface area contributed by atoms with Crippen LogP contribution in [0.4, 0.5) is 8.78 Å². The molecule has 0 unspecified atom stereocenters. The maximum absolute atomic E-state index is 13.8. The standard InChI is InChI=1S/C15H13ClF2N2O/c1-9(10-4-3-5-19-8-10)20(2)15(21)11-6-14(18)12(16)7-13(11)17/h3-9H,1-2H3/t9-/m1/s1. The smallest absolute Gasteiger partial charge is 0.257 e. The summed E-state index contributed by atoms with van der Waals surface area (Å²) in [4.78, 5) is 17.6. The number of amides is 1. The minimum atomic E-state index is -0.850. The molecule has 0 aliphatic rings. The fourth-order valence-corrected chi connectivity index (χ4v) is 2.05. The fraction of sp³-hybridized carbons (Fsp3) is 0.200. The summed E-state index contributed by atoms with van der Waals surface area (Å²) >= 11 is 5.48. The number of benzene rings is 1. The van der Waals surface area contributed by atoms with Crippen molar-refractivity contribution in [3.05, 3.63) is 64.4 Å². The van der Waals surface area contributed by atoms with Crippen LogP contribution in [-0.2, 0) is 0 Å². The van der Waals surface area contributed by atoms with E-state index in [4.69, 9.17) is 11.6 Å². The molecule has 1 amide bonds. The van der Waals surface area contributed by atoms with Crippen LogP contribution in [0.3, 0.4) is 0 Å². The zero-order chi connectivity index (χ0) is 15.6. The molecule has 1 atom stereocenters. The Labute approximate surface area is 126 Å². The van der Waals surface area contributed by atoms with E-state index in [0.29, 0.717) is 0 Å². The van der Waals surface area contributed by atoms with Crippen molar-refractivity contribution >= 4 is 17.5 Å². The highest BCUT2D eigenvalue weighted by atomic mass is 35.5. The molecule has 0 spiro atoms. The third-order valence-electron chi connectivity index (χ3n) is 3.31. The van der Waals surface area contributed by atoms with Gasteiger partial charge in [0.1, 0.15) is 11.6 Å². The number of hydrogen-bond acceptors (Lipinski definition) is 2. The molecule has 2 aromatic rings. The second kappa shape index (κ2) is 6.18. The molecule has 2 rings (SSSR count). The summed E-state index contributed by atoms with van der Waals surface area (Å²) in [6, 6.07) is 4.83. The minimum absolute atomic E-state index is 0.329. The van der Waals surface area contributed by atoms with Crippen LogP contribution >= 0.6 is 11.6 Å². The Kier molecular flexibility index (Phi) is 4.53. The third kappa shape index (κ3) is 3.19. The van der Waals surface area contributed by atoms with E-state index in [9.17, 15) is 13.6 Å². The van der Waals surface area contributed by atoms with Crippen LogP contribution in [0.1, 0.15) is 28.9 Å². The zero-order valence-electron chi connectivity index (χ0n) is 11.5. The number of pyridine rings is 1. The molecule has 0 N–H and O–H groups in total. The molecule has 0 bridgehead atoms. The Morgan fingerprint density at radius 2 is 2.05 bits per heavy atom. The molecule has 0 radical (unpaired) electrons. The lowest BCUT2D eigenvalue weighted by Crippen LogP contribution is -2.30. The van der Waals surface area contributed by atoms with Gasteiger partial charge >= 0.3 is 0 Å². The van der Waals surface area contributed by atoms with Gasteiger partial charge in [-0.2, -0.15) is 0 Å². The highest BCUT2D eigenvalue weighted by Crippen LogP contribution is 2.24. The van der Waals surface area contributed by atoms with Gasteiger partial charge in [0, 0.05) is 19.4 Å². The molecule has 0 aliphatic carbocycles. The quantitative estimate of drug-likeness (QED) is 0.807. The van der Waals surface area contributed by atoms with Crippen LogP contribution in [0.15, 0.2) is 36.7 Å². The topological polar surface area (TPSA) is 33.2 Å². The highest BCUT2D eigenvalue weighted by molar-refractivity contribution is 6.30. The van der Waals surface area contributed by atoms with Crippen molar-refractivity contribution in [2.45, 2.75) is 13.0 Å². The van der Waals surface area contributed by atoms with E-state index in [1.807, 2.05) is 0 Å². The summed E-state index contributed by atoms with van der Waals surface area (Å²) in [5.74, 6) is -2.31. The van der Waals surface area contributed by atoms with E-state index in [1.54, 1.807) is 31.5 Å². The van der Waals surface area contributed by atoms with Crippen LogP contribution in [0.5, 0.6) is 0 Å². The first-order valence-electron chi connectivity index (χ1n) is 6.23. The third-order valence-corrected chi connectivity index (χ3v) is 3.60. The average Bonchev–Trinajstić information content (AvgIpc) is 2.49. The molecular weight excluding hydrogens is 298 g/mol. The minimum Gasteiger partial charge on any atom is -0.335 e. The van der Waals surface area contributed by atoms with Crippen molar-refractivity contribution in [2.24, 2.45) is 0 Å². The van der Waals surface area contributed by atoms with Crippen LogP contribution in [-0.4, -0.2) is 22.8 Å². The van der Waals surface area contributed by atoms with Crippen molar-refractivity contribution in [1.29, 1.82) is 0 Å². The van der Waals surface area contributed by atoms with Crippen molar-refractivity contribution in [2.75, 3.05) is 7.05 Å². The van der Waals surface area contributed by atoms with Crippen molar-refractivity contribution in [3.63, 3.8) is 0 Å². The van der Waals surface area contributed by atoms with Gasteiger partial charge in [0.25, 0.3) is 5.91 Å². The van der Waals surface area contributed by atoms with Gasteiger partial charge in [-0.1, -0.05) is 17.7 Å². The number of carbonyl (C=O) groups excluding carboxylic acids is 1. The van der Waals surface area contributed by atoms with E-state index >= 15 is 0 Å². The first-order valence-corrected chi connectivity index (χ1v) is 6.61.